The highest BCUT2D eigenvalue weighted by Crippen LogP contribution is 2.23. The predicted octanol–water partition coefficient (Wildman–Crippen LogP) is 4.44. The summed E-state index contributed by atoms with van der Waals surface area (Å²) in [5.74, 6) is -1.92. The first kappa shape index (κ1) is 13.5. The molecular formula is C17H12F2O2. The van der Waals surface area contributed by atoms with E-state index in [-0.39, 0.29) is 18.0 Å². The van der Waals surface area contributed by atoms with E-state index in [1.165, 1.54) is 6.07 Å². The molecule has 2 nitrogen and oxygen atoms in total. The third-order valence-corrected chi connectivity index (χ3v) is 3.36. The van der Waals surface area contributed by atoms with Crippen molar-refractivity contribution in [2.24, 2.45) is 0 Å². The summed E-state index contributed by atoms with van der Waals surface area (Å²) >= 11 is 0. The Morgan fingerprint density at radius 3 is 2.62 bits per heavy atom. The first-order chi connectivity index (χ1) is 10.0. The number of furan rings is 1. The van der Waals surface area contributed by atoms with Crippen molar-refractivity contribution in [3.05, 3.63) is 71.0 Å². The summed E-state index contributed by atoms with van der Waals surface area (Å²) in [6, 6.07) is 10.8. The maximum Gasteiger partial charge on any atom is 0.202 e. The number of hydrogen-bond acceptors (Lipinski definition) is 2. The van der Waals surface area contributed by atoms with E-state index < -0.39 is 11.6 Å². The van der Waals surface area contributed by atoms with Crippen molar-refractivity contribution in [1.29, 1.82) is 0 Å². The molecule has 3 aromatic rings. The van der Waals surface area contributed by atoms with E-state index in [1.807, 2.05) is 25.1 Å². The van der Waals surface area contributed by atoms with Gasteiger partial charge in [-0.1, -0.05) is 24.3 Å². The van der Waals surface area contributed by atoms with Gasteiger partial charge in [0.25, 0.3) is 0 Å². The van der Waals surface area contributed by atoms with Gasteiger partial charge in [0.1, 0.15) is 5.58 Å². The van der Waals surface area contributed by atoms with E-state index in [1.54, 1.807) is 6.07 Å². The first-order valence-electron chi connectivity index (χ1n) is 6.51. The van der Waals surface area contributed by atoms with Gasteiger partial charge in [-0.3, -0.25) is 4.79 Å². The average molecular weight is 286 g/mol. The van der Waals surface area contributed by atoms with Crippen LogP contribution in [0.3, 0.4) is 0 Å². The molecule has 0 saturated heterocycles. The Bertz CT molecular complexity index is 834. The van der Waals surface area contributed by atoms with Crippen LogP contribution in [0.15, 0.2) is 46.9 Å². The summed E-state index contributed by atoms with van der Waals surface area (Å²) in [5.41, 5.74) is 2.03. The maximum atomic E-state index is 13.1. The topological polar surface area (TPSA) is 30.2 Å². The first-order valence-corrected chi connectivity index (χ1v) is 6.51. The molecule has 3 rings (SSSR count). The van der Waals surface area contributed by atoms with Gasteiger partial charge in [-0.15, -0.1) is 0 Å². The van der Waals surface area contributed by atoms with E-state index in [9.17, 15) is 13.6 Å². The number of para-hydroxylation sites is 1. The molecular weight excluding hydrogens is 274 g/mol. The molecule has 0 unspecified atom stereocenters. The third-order valence-electron chi connectivity index (χ3n) is 3.36. The fourth-order valence-corrected chi connectivity index (χ4v) is 2.27. The second kappa shape index (κ2) is 5.13. The van der Waals surface area contributed by atoms with Crippen LogP contribution in [0.1, 0.15) is 21.7 Å². The molecule has 0 N–H and O–H groups in total. The largest absolute Gasteiger partial charge is 0.453 e. The Morgan fingerprint density at radius 1 is 1.10 bits per heavy atom. The molecule has 4 heteroatoms. The Labute approximate surface area is 120 Å². The van der Waals surface area contributed by atoms with E-state index in [0.29, 0.717) is 11.1 Å². The molecule has 1 heterocycles. The lowest BCUT2D eigenvalue weighted by Crippen LogP contribution is -2.02. The summed E-state index contributed by atoms with van der Waals surface area (Å²) in [5, 5.41) is 0.851. The molecule has 0 aliphatic heterocycles. The minimum Gasteiger partial charge on any atom is -0.453 e. The summed E-state index contributed by atoms with van der Waals surface area (Å²) in [6.07, 6.45) is -0.0317. The normalized spacial score (nSPS) is 11.0. The van der Waals surface area contributed by atoms with Crippen molar-refractivity contribution >= 4 is 16.8 Å². The Balaban J connectivity index is 1.90. The Kier molecular flexibility index (Phi) is 3.29. The van der Waals surface area contributed by atoms with Crippen molar-refractivity contribution in [1.82, 2.24) is 0 Å². The maximum absolute atomic E-state index is 13.1. The minimum absolute atomic E-state index is 0.0317. The highest BCUT2D eigenvalue weighted by Gasteiger charge is 2.15. The van der Waals surface area contributed by atoms with Crippen molar-refractivity contribution in [2.45, 2.75) is 13.3 Å². The Morgan fingerprint density at radius 2 is 1.90 bits per heavy atom. The van der Waals surface area contributed by atoms with Gasteiger partial charge in [0.15, 0.2) is 17.4 Å². The van der Waals surface area contributed by atoms with Gasteiger partial charge in [-0.2, -0.15) is 0 Å². The number of carbonyl (C=O) groups is 1. The molecule has 2 aromatic carbocycles. The average Bonchev–Trinajstić information content (AvgIpc) is 2.89. The number of fused-ring (bicyclic) bond motifs is 1. The van der Waals surface area contributed by atoms with E-state index >= 15 is 0 Å². The number of rotatable bonds is 3. The molecule has 0 bridgehead atoms. The summed E-state index contributed by atoms with van der Waals surface area (Å²) in [4.78, 5) is 12.2. The SMILES string of the molecule is Cc1cccc2cc(C(=O)Cc3ccc(F)c(F)c3)oc12. The molecule has 0 aliphatic rings. The zero-order valence-corrected chi connectivity index (χ0v) is 11.3. The molecule has 0 radical (unpaired) electrons. The molecule has 0 atom stereocenters. The van der Waals surface area contributed by atoms with Crippen LogP contribution in [0, 0.1) is 18.6 Å². The number of benzene rings is 2. The van der Waals surface area contributed by atoms with Crippen molar-refractivity contribution in [3.8, 4) is 0 Å². The summed E-state index contributed by atoms with van der Waals surface area (Å²) < 4.78 is 31.6. The number of Topliss-reactive ketones (excluding diaryl/α,β-unsaturated/α-hetero) is 1. The van der Waals surface area contributed by atoms with Gasteiger partial charge in [0.05, 0.1) is 0 Å². The number of hydrogen-bond donors (Lipinski definition) is 0. The van der Waals surface area contributed by atoms with Crippen LogP contribution < -0.4 is 0 Å². The molecule has 0 amide bonds. The van der Waals surface area contributed by atoms with Gasteiger partial charge in [0, 0.05) is 11.8 Å². The number of halogens is 2. The lowest BCUT2D eigenvalue weighted by molar-refractivity contribution is 0.0968. The molecule has 0 fully saturated rings. The van der Waals surface area contributed by atoms with Gasteiger partial charge in [0.2, 0.25) is 5.78 Å². The molecule has 0 aliphatic carbocycles. The van der Waals surface area contributed by atoms with Gasteiger partial charge < -0.3 is 4.42 Å². The van der Waals surface area contributed by atoms with Crippen molar-refractivity contribution < 1.29 is 18.0 Å². The molecule has 0 spiro atoms. The zero-order valence-electron chi connectivity index (χ0n) is 11.3. The monoisotopic (exact) mass is 286 g/mol. The minimum atomic E-state index is -0.958. The standard InChI is InChI=1S/C17H12F2O2/c1-10-3-2-4-12-9-16(21-17(10)12)15(20)8-11-5-6-13(18)14(19)7-11/h2-7,9H,8H2,1H3. The zero-order chi connectivity index (χ0) is 15.0. The highest BCUT2D eigenvalue weighted by atomic mass is 19.2. The lowest BCUT2D eigenvalue weighted by atomic mass is 10.1. The van der Waals surface area contributed by atoms with Gasteiger partial charge >= 0.3 is 0 Å². The number of carbonyl (C=O) groups excluding carboxylic acids is 1. The van der Waals surface area contributed by atoms with Crippen LogP contribution in [0.5, 0.6) is 0 Å². The molecule has 106 valence electrons. The van der Waals surface area contributed by atoms with Gasteiger partial charge in [-0.25, -0.2) is 8.78 Å². The molecule has 21 heavy (non-hydrogen) atoms. The fourth-order valence-electron chi connectivity index (χ4n) is 2.27. The van der Waals surface area contributed by atoms with E-state index in [0.717, 1.165) is 23.1 Å². The third kappa shape index (κ3) is 2.57. The second-order valence-corrected chi connectivity index (χ2v) is 4.95. The fraction of sp³-hybridized carbons (Fsp3) is 0.118. The quantitative estimate of drug-likeness (QED) is 0.666. The molecule has 1 aromatic heterocycles. The Hall–Kier alpha value is -2.49. The number of ketones is 1. The summed E-state index contributed by atoms with van der Waals surface area (Å²) in [6.45, 7) is 1.90. The van der Waals surface area contributed by atoms with Crippen LogP contribution in [0.4, 0.5) is 8.78 Å². The van der Waals surface area contributed by atoms with E-state index in [2.05, 4.69) is 0 Å². The highest BCUT2D eigenvalue weighted by molar-refractivity contribution is 5.99. The van der Waals surface area contributed by atoms with E-state index in [4.69, 9.17) is 4.42 Å². The van der Waals surface area contributed by atoms with Crippen LogP contribution in [-0.4, -0.2) is 5.78 Å². The lowest BCUT2D eigenvalue weighted by Gasteiger charge is -2.00. The molecule has 0 saturated carbocycles. The van der Waals surface area contributed by atoms with Crippen LogP contribution in [-0.2, 0) is 6.42 Å². The second-order valence-electron chi connectivity index (χ2n) is 4.95. The van der Waals surface area contributed by atoms with Crippen molar-refractivity contribution in [2.75, 3.05) is 0 Å². The van der Waals surface area contributed by atoms with Crippen molar-refractivity contribution in [3.63, 3.8) is 0 Å². The van der Waals surface area contributed by atoms with Crippen LogP contribution in [0.25, 0.3) is 11.0 Å². The predicted molar refractivity (Wildman–Crippen MR) is 75.3 cm³/mol. The van der Waals surface area contributed by atoms with Crippen LogP contribution in [0.2, 0.25) is 0 Å². The van der Waals surface area contributed by atoms with Crippen LogP contribution >= 0.6 is 0 Å². The number of aryl methyl sites for hydroxylation is 1. The summed E-state index contributed by atoms with van der Waals surface area (Å²) in [7, 11) is 0. The van der Waals surface area contributed by atoms with Gasteiger partial charge in [-0.05, 0) is 36.2 Å². The smallest absolute Gasteiger partial charge is 0.202 e.